The smallest absolute Gasteiger partial charge is 0.195 e. The fourth-order valence-corrected chi connectivity index (χ4v) is 4.39. The van der Waals surface area contributed by atoms with E-state index in [4.69, 9.17) is 25.7 Å². The first-order valence-electron chi connectivity index (χ1n) is 13.4. The molecule has 0 aliphatic rings. The van der Waals surface area contributed by atoms with Crippen LogP contribution in [-0.4, -0.2) is 23.6 Å². The van der Waals surface area contributed by atoms with Crippen molar-refractivity contribution in [3.05, 3.63) is 119 Å². The number of ketones is 1. The van der Waals surface area contributed by atoms with Gasteiger partial charge in [0.15, 0.2) is 5.78 Å². The molecule has 0 amide bonds. The first-order valence-corrected chi connectivity index (χ1v) is 13.4. The molecule has 4 aromatic rings. The predicted octanol–water partition coefficient (Wildman–Crippen LogP) is 7.22. The SMILES string of the molecule is CC(C)(C)Oc1ccc(C(OCC(C)(C)Oc2ccc(C(=O)c3ccccc3)c(N)c2)c2ccccc2)c(N)c1. The molecule has 0 fully saturated rings. The number of ether oxygens (including phenoxy) is 3. The summed E-state index contributed by atoms with van der Waals surface area (Å²) in [6, 6.07) is 29.8. The Bertz CT molecular complexity index is 1440. The molecule has 0 aliphatic heterocycles. The largest absolute Gasteiger partial charge is 0.488 e. The molecule has 1 unspecified atom stereocenters. The highest BCUT2D eigenvalue weighted by atomic mass is 16.5. The summed E-state index contributed by atoms with van der Waals surface area (Å²) in [5, 5.41) is 0. The monoisotopic (exact) mass is 538 g/mol. The van der Waals surface area contributed by atoms with E-state index in [-0.39, 0.29) is 18.0 Å². The van der Waals surface area contributed by atoms with Gasteiger partial charge >= 0.3 is 0 Å². The van der Waals surface area contributed by atoms with E-state index in [1.165, 1.54) is 0 Å². The third kappa shape index (κ3) is 7.42. The second-order valence-corrected chi connectivity index (χ2v) is 11.4. The van der Waals surface area contributed by atoms with Gasteiger partial charge in [0.05, 0.1) is 6.61 Å². The molecule has 6 nitrogen and oxygen atoms in total. The Morgan fingerprint density at radius 2 is 1.30 bits per heavy atom. The van der Waals surface area contributed by atoms with Crippen LogP contribution in [0.4, 0.5) is 11.4 Å². The van der Waals surface area contributed by atoms with Gasteiger partial charge in [0.2, 0.25) is 0 Å². The zero-order valence-corrected chi connectivity index (χ0v) is 23.8. The molecule has 0 radical (unpaired) electrons. The maximum atomic E-state index is 12.9. The molecule has 0 saturated heterocycles. The Morgan fingerprint density at radius 1 is 0.725 bits per heavy atom. The van der Waals surface area contributed by atoms with Crippen LogP contribution >= 0.6 is 0 Å². The van der Waals surface area contributed by atoms with Crippen molar-refractivity contribution in [3.8, 4) is 11.5 Å². The molecule has 208 valence electrons. The molecular weight excluding hydrogens is 500 g/mol. The van der Waals surface area contributed by atoms with E-state index in [1.807, 2.05) is 101 Å². The van der Waals surface area contributed by atoms with E-state index in [9.17, 15) is 4.79 Å². The third-order valence-corrected chi connectivity index (χ3v) is 6.16. The van der Waals surface area contributed by atoms with Crippen LogP contribution in [0.15, 0.2) is 97.1 Å². The van der Waals surface area contributed by atoms with Crippen molar-refractivity contribution in [1.82, 2.24) is 0 Å². The van der Waals surface area contributed by atoms with E-state index in [2.05, 4.69) is 0 Å². The van der Waals surface area contributed by atoms with E-state index in [0.29, 0.717) is 34.0 Å². The highest BCUT2D eigenvalue weighted by Crippen LogP contribution is 2.35. The van der Waals surface area contributed by atoms with Crippen molar-refractivity contribution < 1.29 is 19.0 Å². The van der Waals surface area contributed by atoms with E-state index >= 15 is 0 Å². The number of rotatable bonds is 10. The minimum atomic E-state index is -0.714. The molecule has 0 bridgehead atoms. The van der Waals surface area contributed by atoms with Crippen LogP contribution in [0.2, 0.25) is 0 Å². The Morgan fingerprint density at radius 3 is 1.90 bits per heavy atom. The Balaban J connectivity index is 1.51. The molecular formula is C34H38N2O4. The van der Waals surface area contributed by atoms with Crippen LogP contribution in [0.1, 0.15) is 67.8 Å². The topological polar surface area (TPSA) is 96.8 Å². The lowest BCUT2D eigenvalue weighted by Gasteiger charge is -2.30. The van der Waals surface area contributed by atoms with Crippen molar-refractivity contribution in [2.24, 2.45) is 0 Å². The summed E-state index contributed by atoms with van der Waals surface area (Å²) in [5.74, 6) is 1.13. The molecule has 0 aliphatic carbocycles. The number of carbonyl (C=O) groups is 1. The molecule has 40 heavy (non-hydrogen) atoms. The lowest BCUT2D eigenvalue weighted by molar-refractivity contribution is -0.0275. The van der Waals surface area contributed by atoms with E-state index in [0.717, 1.165) is 11.1 Å². The van der Waals surface area contributed by atoms with Gasteiger partial charge in [0, 0.05) is 40.2 Å². The maximum Gasteiger partial charge on any atom is 0.195 e. The zero-order chi connectivity index (χ0) is 28.9. The van der Waals surface area contributed by atoms with Crippen molar-refractivity contribution in [2.75, 3.05) is 18.1 Å². The average molecular weight is 539 g/mol. The van der Waals surface area contributed by atoms with Crippen LogP contribution < -0.4 is 20.9 Å². The molecule has 0 saturated carbocycles. The lowest BCUT2D eigenvalue weighted by Crippen LogP contribution is -2.35. The van der Waals surface area contributed by atoms with Crippen molar-refractivity contribution in [3.63, 3.8) is 0 Å². The number of nitrogen functional groups attached to an aromatic ring is 2. The van der Waals surface area contributed by atoms with E-state index < -0.39 is 11.7 Å². The molecule has 4 rings (SSSR count). The Kier molecular flexibility index (Phi) is 8.50. The summed E-state index contributed by atoms with van der Waals surface area (Å²) in [4.78, 5) is 12.9. The minimum Gasteiger partial charge on any atom is -0.488 e. The van der Waals surface area contributed by atoms with Gasteiger partial charge in [-0.3, -0.25) is 4.79 Å². The van der Waals surface area contributed by atoms with Gasteiger partial charge in [-0.15, -0.1) is 0 Å². The number of benzene rings is 4. The normalized spacial score (nSPS) is 12.5. The highest BCUT2D eigenvalue weighted by Gasteiger charge is 2.26. The number of nitrogens with two attached hydrogens (primary N) is 2. The molecule has 1 atom stereocenters. The van der Waals surface area contributed by atoms with Gasteiger partial charge < -0.3 is 25.7 Å². The first kappa shape index (κ1) is 28.7. The minimum absolute atomic E-state index is 0.130. The number of anilines is 2. The van der Waals surface area contributed by atoms with Gasteiger partial charge in [-0.25, -0.2) is 0 Å². The highest BCUT2D eigenvalue weighted by molar-refractivity contribution is 6.12. The zero-order valence-electron chi connectivity index (χ0n) is 23.8. The van der Waals surface area contributed by atoms with E-state index in [1.54, 1.807) is 30.3 Å². The summed E-state index contributed by atoms with van der Waals surface area (Å²) in [6.07, 6.45) is -0.413. The van der Waals surface area contributed by atoms with Crippen LogP contribution in [0, 0.1) is 0 Å². The molecule has 4 aromatic carbocycles. The average Bonchev–Trinajstić information content (AvgIpc) is 2.89. The summed E-state index contributed by atoms with van der Waals surface area (Å²) in [5.41, 5.74) is 15.5. The summed E-state index contributed by atoms with van der Waals surface area (Å²) < 4.78 is 18.8. The Hall–Kier alpha value is -4.29. The molecule has 6 heteroatoms. The summed E-state index contributed by atoms with van der Waals surface area (Å²) >= 11 is 0. The van der Waals surface area contributed by atoms with Crippen LogP contribution in [0.5, 0.6) is 11.5 Å². The number of carbonyl (C=O) groups excluding carboxylic acids is 1. The molecule has 0 spiro atoms. The van der Waals surface area contributed by atoms with Gasteiger partial charge in [-0.1, -0.05) is 66.7 Å². The van der Waals surface area contributed by atoms with Crippen molar-refractivity contribution in [2.45, 2.75) is 51.9 Å². The molecule has 4 N–H and O–H groups in total. The van der Waals surface area contributed by atoms with Crippen molar-refractivity contribution >= 4 is 17.2 Å². The lowest BCUT2D eigenvalue weighted by atomic mass is 9.99. The van der Waals surface area contributed by atoms with Gasteiger partial charge in [0.25, 0.3) is 0 Å². The second kappa shape index (κ2) is 11.8. The van der Waals surface area contributed by atoms with Gasteiger partial charge in [-0.2, -0.15) is 0 Å². The van der Waals surface area contributed by atoms with Crippen LogP contribution in [0.25, 0.3) is 0 Å². The molecule has 0 aromatic heterocycles. The quantitative estimate of drug-likeness (QED) is 0.163. The fourth-order valence-electron chi connectivity index (χ4n) is 4.39. The summed E-state index contributed by atoms with van der Waals surface area (Å²) in [7, 11) is 0. The number of hydrogen-bond donors (Lipinski definition) is 2. The second-order valence-electron chi connectivity index (χ2n) is 11.4. The summed E-state index contributed by atoms with van der Waals surface area (Å²) in [6.45, 7) is 10.1. The van der Waals surface area contributed by atoms with Gasteiger partial charge in [-0.05, 0) is 58.4 Å². The molecule has 0 heterocycles. The van der Waals surface area contributed by atoms with Gasteiger partial charge in [0.1, 0.15) is 28.8 Å². The Labute approximate surface area is 236 Å². The fraction of sp³-hybridized carbons (Fsp3) is 0.265. The third-order valence-electron chi connectivity index (χ3n) is 6.16. The predicted molar refractivity (Wildman–Crippen MR) is 161 cm³/mol. The van der Waals surface area contributed by atoms with Crippen molar-refractivity contribution in [1.29, 1.82) is 0 Å². The van der Waals surface area contributed by atoms with Crippen LogP contribution in [-0.2, 0) is 4.74 Å². The standard InChI is InChI=1S/C34H38N2O4/c1-33(2,3)39-25-17-19-28(30(36)20-25)32(24-14-10-7-11-15-24)38-22-34(4,5)40-26-16-18-27(29(35)21-26)31(37)23-12-8-6-9-13-23/h6-21,32H,22,35-36H2,1-5H3. The van der Waals surface area contributed by atoms with Crippen LogP contribution in [0.3, 0.4) is 0 Å². The number of hydrogen-bond acceptors (Lipinski definition) is 6. The maximum absolute atomic E-state index is 12.9. The first-order chi connectivity index (χ1) is 18.9.